The van der Waals surface area contributed by atoms with Crippen LogP contribution >= 0.6 is 0 Å². The van der Waals surface area contributed by atoms with E-state index in [0.717, 1.165) is 10.9 Å². The SMILES string of the molecule is CC(C)c1ccc(OC(F)(F)F)c2ccccc12. The molecule has 0 spiro atoms. The molecule has 0 N–H and O–H groups in total. The Morgan fingerprint density at radius 2 is 1.56 bits per heavy atom. The smallest absolute Gasteiger partial charge is 0.405 e. The van der Waals surface area contributed by atoms with Gasteiger partial charge in [-0.15, -0.1) is 13.2 Å². The minimum Gasteiger partial charge on any atom is -0.405 e. The van der Waals surface area contributed by atoms with Gasteiger partial charge in [0.05, 0.1) is 0 Å². The van der Waals surface area contributed by atoms with Crippen molar-refractivity contribution in [2.24, 2.45) is 0 Å². The van der Waals surface area contributed by atoms with Crippen LogP contribution in [-0.2, 0) is 0 Å². The van der Waals surface area contributed by atoms with Gasteiger partial charge >= 0.3 is 6.36 Å². The first-order valence-electron chi connectivity index (χ1n) is 5.66. The van der Waals surface area contributed by atoms with Gasteiger partial charge in [-0.1, -0.05) is 44.2 Å². The summed E-state index contributed by atoms with van der Waals surface area (Å²) in [7, 11) is 0. The topological polar surface area (TPSA) is 9.23 Å². The van der Waals surface area contributed by atoms with Gasteiger partial charge in [0, 0.05) is 5.39 Å². The monoisotopic (exact) mass is 254 g/mol. The summed E-state index contributed by atoms with van der Waals surface area (Å²) >= 11 is 0. The van der Waals surface area contributed by atoms with Crippen LogP contribution in [0, 0.1) is 0 Å². The fourth-order valence-electron chi connectivity index (χ4n) is 2.01. The number of hydrogen-bond donors (Lipinski definition) is 0. The number of benzene rings is 2. The highest BCUT2D eigenvalue weighted by molar-refractivity contribution is 5.91. The predicted octanol–water partition coefficient (Wildman–Crippen LogP) is 4.86. The highest BCUT2D eigenvalue weighted by Crippen LogP contribution is 2.34. The largest absolute Gasteiger partial charge is 0.573 e. The van der Waals surface area contributed by atoms with Gasteiger partial charge in [0.1, 0.15) is 5.75 Å². The second-order valence-electron chi connectivity index (χ2n) is 4.40. The van der Waals surface area contributed by atoms with E-state index < -0.39 is 6.36 Å². The van der Waals surface area contributed by atoms with Crippen LogP contribution in [0.3, 0.4) is 0 Å². The molecule has 2 aromatic rings. The first kappa shape index (κ1) is 12.7. The van der Waals surface area contributed by atoms with Crippen molar-refractivity contribution in [2.75, 3.05) is 0 Å². The normalized spacial score (nSPS) is 12.1. The van der Waals surface area contributed by atoms with Crippen LogP contribution in [0.2, 0.25) is 0 Å². The van der Waals surface area contributed by atoms with E-state index in [1.807, 2.05) is 26.0 Å². The molecule has 0 bridgehead atoms. The molecule has 4 heteroatoms. The van der Waals surface area contributed by atoms with Crippen molar-refractivity contribution in [2.45, 2.75) is 26.1 Å². The molecule has 0 aliphatic carbocycles. The molecule has 0 aromatic heterocycles. The molecule has 96 valence electrons. The van der Waals surface area contributed by atoms with E-state index in [0.29, 0.717) is 5.39 Å². The molecule has 18 heavy (non-hydrogen) atoms. The van der Waals surface area contributed by atoms with E-state index in [-0.39, 0.29) is 11.7 Å². The highest BCUT2D eigenvalue weighted by atomic mass is 19.4. The van der Waals surface area contributed by atoms with Crippen LogP contribution in [0.4, 0.5) is 13.2 Å². The Morgan fingerprint density at radius 1 is 0.944 bits per heavy atom. The van der Waals surface area contributed by atoms with Crippen molar-refractivity contribution in [1.29, 1.82) is 0 Å². The Bertz CT molecular complexity index is 558. The molecule has 0 aliphatic rings. The number of hydrogen-bond acceptors (Lipinski definition) is 1. The van der Waals surface area contributed by atoms with Crippen molar-refractivity contribution in [3.05, 3.63) is 42.0 Å². The fraction of sp³-hybridized carbons (Fsp3) is 0.286. The molecule has 0 saturated heterocycles. The molecular formula is C14H13F3O. The second-order valence-corrected chi connectivity index (χ2v) is 4.40. The zero-order chi connectivity index (χ0) is 13.3. The van der Waals surface area contributed by atoms with Crippen molar-refractivity contribution < 1.29 is 17.9 Å². The molecule has 1 nitrogen and oxygen atoms in total. The van der Waals surface area contributed by atoms with Gasteiger partial charge in [0.2, 0.25) is 0 Å². The lowest BCUT2D eigenvalue weighted by Gasteiger charge is -2.15. The van der Waals surface area contributed by atoms with Gasteiger partial charge in [0.25, 0.3) is 0 Å². The minimum atomic E-state index is -4.66. The summed E-state index contributed by atoms with van der Waals surface area (Å²) in [5.74, 6) is 0.0948. The highest BCUT2D eigenvalue weighted by Gasteiger charge is 2.31. The summed E-state index contributed by atoms with van der Waals surface area (Å²) in [6.07, 6.45) is -4.66. The van der Waals surface area contributed by atoms with Gasteiger partial charge in [-0.25, -0.2) is 0 Å². The van der Waals surface area contributed by atoms with Crippen molar-refractivity contribution in [3.8, 4) is 5.75 Å². The predicted molar refractivity (Wildman–Crippen MR) is 64.7 cm³/mol. The van der Waals surface area contributed by atoms with Gasteiger partial charge in [-0.2, -0.15) is 0 Å². The Hall–Kier alpha value is -1.71. The maximum Gasteiger partial charge on any atom is 0.573 e. The molecule has 0 radical (unpaired) electrons. The summed E-state index contributed by atoms with van der Waals surface area (Å²) in [6, 6.07) is 10.0. The van der Waals surface area contributed by atoms with E-state index >= 15 is 0 Å². The zero-order valence-corrected chi connectivity index (χ0v) is 10.1. The summed E-state index contributed by atoms with van der Waals surface area (Å²) in [5, 5.41) is 1.29. The number of rotatable bonds is 2. The Morgan fingerprint density at radius 3 is 2.11 bits per heavy atom. The first-order valence-corrected chi connectivity index (χ1v) is 5.66. The van der Waals surface area contributed by atoms with Crippen molar-refractivity contribution in [1.82, 2.24) is 0 Å². The maximum atomic E-state index is 12.3. The molecule has 0 unspecified atom stereocenters. The van der Waals surface area contributed by atoms with E-state index in [2.05, 4.69) is 4.74 Å². The number of alkyl halides is 3. The van der Waals surface area contributed by atoms with E-state index in [4.69, 9.17) is 0 Å². The van der Waals surface area contributed by atoms with Crippen LogP contribution < -0.4 is 4.74 Å². The lowest BCUT2D eigenvalue weighted by Crippen LogP contribution is -2.17. The van der Waals surface area contributed by atoms with E-state index in [9.17, 15) is 13.2 Å². The fourth-order valence-corrected chi connectivity index (χ4v) is 2.01. The summed E-state index contributed by atoms with van der Waals surface area (Å²) in [4.78, 5) is 0. The average molecular weight is 254 g/mol. The molecule has 0 heterocycles. The summed E-state index contributed by atoms with van der Waals surface area (Å²) < 4.78 is 41.0. The Kier molecular flexibility index (Phi) is 3.20. The maximum absolute atomic E-state index is 12.3. The molecule has 0 saturated carbocycles. The van der Waals surface area contributed by atoms with Crippen molar-refractivity contribution in [3.63, 3.8) is 0 Å². The minimum absolute atomic E-state index is 0.150. The Labute approximate surface area is 103 Å². The quantitative estimate of drug-likeness (QED) is 0.743. The van der Waals surface area contributed by atoms with Crippen LogP contribution in [0.1, 0.15) is 25.3 Å². The standard InChI is InChI=1S/C14H13F3O/c1-9(2)10-7-8-13(18-14(15,16)17)12-6-4-3-5-11(10)12/h3-9H,1-2H3. The third-order valence-corrected chi connectivity index (χ3v) is 2.77. The summed E-state index contributed by atoms with van der Waals surface area (Å²) in [5.41, 5.74) is 1.01. The van der Waals surface area contributed by atoms with Gasteiger partial charge in [-0.3, -0.25) is 0 Å². The molecule has 2 aromatic carbocycles. The lowest BCUT2D eigenvalue weighted by molar-refractivity contribution is -0.274. The van der Waals surface area contributed by atoms with E-state index in [1.165, 1.54) is 6.07 Å². The van der Waals surface area contributed by atoms with Gasteiger partial charge < -0.3 is 4.74 Å². The molecule has 2 rings (SSSR count). The molecule has 0 amide bonds. The zero-order valence-electron chi connectivity index (χ0n) is 10.1. The number of ether oxygens (including phenoxy) is 1. The summed E-state index contributed by atoms with van der Waals surface area (Å²) in [6.45, 7) is 4.01. The van der Waals surface area contributed by atoms with Crippen LogP contribution in [-0.4, -0.2) is 6.36 Å². The van der Waals surface area contributed by atoms with Crippen molar-refractivity contribution >= 4 is 10.8 Å². The number of halogens is 3. The van der Waals surface area contributed by atoms with Gasteiger partial charge in [-0.05, 0) is 22.9 Å². The average Bonchev–Trinajstić information content (AvgIpc) is 2.27. The van der Waals surface area contributed by atoms with Crippen LogP contribution in [0.5, 0.6) is 5.75 Å². The molecule has 0 fully saturated rings. The van der Waals surface area contributed by atoms with Crippen LogP contribution in [0.25, 0.3) is 10.8 Å². The van der Waals surface area contributed by atoms with Gasteiger partial charge in [0.15, 0.2) is 0 Å². The third kappa shape index (κ3) is 2.58. The molecule has 0 aliphatic heterocycles. The van der Waals surface area contributed by atoms with Crippen LogP contribution in [0.15, 0.2) is 36.4 Å². The second kappa shape index (κ2) is 4.52. The first-order chi connectivity index (χ1) is 8.38. The molecular weight excluding hydrogens is 241 g/mol. The lowest BCUT2D eigenvalue weighted by atomic mass is 9.96. The molecule has 0 atom stereocenters. The third-order valence-electron chi connectivity index (χ3n) is 2.77. The Balaban J connectivity index is 2.61. The number of fused-ring (bicyclic) bond motifs is 1. The van der Waals surface area contributed by atoms with E-state index in [1.54, 1.807) is 18.2 Å².